The number of benzene rings is 3. The minimum Gasteiger partial charge on any atom is -0.368 e. The zero-order chi connectivity index (χ0) is 42.8. The minimum absolute atomic E-state index is 0.117. The van der Waals surface area contributed by atoms with Gasteiger partial charge in [-0.15, -0.1) is 0 Å². The van der Waals surface area contributed by atoms with Crippen molar-refractivity contribution in [3.63, 3.8) is 0 Å². The summed E-state index contributed by atoms with van der Waals surface area (Å²) in [5.74, 6) is 0. The highest BCUT2D eigenvalue weighted by atomic mass is 32.3. The highest BCUT2D eigenvalue weighted by molar-refractivity contribution is 7.95. The molecule has 312 valence electrons. The summed E-state index contributed by atoms with van der Waals surface area (Å²) in [5, 5.41) is 26.6. The molecular weight excluding hydrogens is 943 g/mol. The van der Waals surface area contributed by atoms with Gasteiger partial charge in [0, 0.05) is 0 Å². The Morgan fingerprint density at radius 1 is 0.525 bits per heavy atom. The molecule has 3 aliphatic carbocycles. The zero-order valence-electron chi connectivity index (χ0n) is 28.9. The number of hydrogen-bond acceptors (Lipinski definition) is 21. The van der Waals surface area contributed by atoms with Crippen LogP contribution >= 0.6 is 0 Å². The first kappa shape index (κ1) is 43.0. The Hall–Kier alpha value is -2.72. The molecule has 21 nitrogen and oxygen atoms in total. The lowest BCUT2D eigenvalue weighted by Gasteiger charge is -2.36. The predicted octanol–water partition coefficient (Wildman–Crippen LogP) is -0.568. The van der Waals surface area contributed by atoms with E-state index in [0.29, 0.717) is 18.2 Å². The molecule has 6 unspecified atom stereocenters. The van der Waals surface area contributed by atoms with Crippen molar-refractivity contribution in [2.45, 2.75) is 30.5 Å². The normalized spacial score (nSPS) is 32.3. The Morgan fingerprint density at radius 2 is 0.898 bits per heavy atom. The lowest BCUT2D eigenvalue weighted by Crippen LogP contribution is -2.52. The monoisotopic (exact) mass is 966 g/mol. The molecule has 8 rings (SSSR count). The van der Waals surface area contributed by atoms with Gasteiger partial charge in [-0.1, -0.05) is 91.0 Å². The molecule has 0 aromatic heterocycles. The van der Waals surface area contributed by atoms with Crippen molar-refractivity contribution in [3.8, 4) is 0 Å². The third kappa shape index (κ3) is 6.68. The van der Waals surface area contributed by atoms with Crippen molar-refractivity contribution in [3.05, 3.63) is 124 Å². The summed E-state index contributed by atoms with van der Waals surface area (Å²) in [6, 6.07) is 15.2. The lowest BCUT2D eigenvalue weighted by atomic mass is 9.95. The van der Waals surface area contributed by atoms with Crippen molar-refractivity contribution >= 4 is 109 Å². The Morgan fingerprint density at radius 3 is 1.36 bits per heavy atom. The Labute approximate surface area is 346 Å². The molecule has 29 heteroatoms. The molecule has 2 saturated heterocycles. The fourth-order valence-electron chi connectivity index (χ4n) is 7.13. The lowest BCUT2D eigenvalue weighted by molar-refractivity contribution is 0.145. The zero-order valence-corrected chi connectivity index (χ0v) is 36.1. The van der Waals surface area contributed by atoms with Crippen LogP contribution in [0.15, 0.2) is 91.0 Å². The molecule has 0 spiro atoms. The second-order valence-corrected chi connectivity index (χ2v) is 28.1. The van der Waals surface area contributed by atoms with Gasteiger partial charge in [0.15, 0.2) is 15.7 Å². The van der Waals surface area contributed by atoms with Gasteiger partial charge in [0.2, 0.25) is 14.8 Å². The van der Waals surface area contributed by atoms with E-state index in [1.165, 1.54) is 48.5 Å². The molecule has 2 heterocycles. The van der Waals surface area contributed by atoms with Crippen LogP contribution in [0.3, 0.4) is 0 Å². The molecular formula is C30H24Al2O21S6. The second kappa shape index (κ2) is 13.9. The third-order valence-electron chi connectivity index (χ3n) is 9.79. The minimum atomic E-state index is -6.20. The number of hydrogen-bond donors (Lipinski definition) is 3. The predicted molar refractivity (Wildman–Crippen MR) is 201 cm³/mol. The topological polar surface area (TPSA) is 321 Å². The van der Waals surface area contributed by atoms with Gasteiger partial charge in [0.1, 0.15) is 0 Å². The van der Waals surface area contributed by atoms with Crippen molar-refractivity contribution in [2.75, 3.05) is 0 Å². The van der Waals surface area contributed by atoms with E-state index in [-0.39, 0.29) is 27.8 Å². The van der Waals surface area contributed by atoms with Crippen LogP contribution in [0.2, 0.25) is 0 Å². The molecule has 3 aromatic rings. The van der Waals surface area contributed by atoms with E-state index >= 15 is 0 Å². The fraction of sp³-hybridized carbons (Fsp3) is 0.200. The van der Waals surface area contributed by atoms with E-state index in [1.54, 1.807) is 0 Å². The standard InChI is InChI=1S/3C10H10O7S2.2Al/c3*11-10(19(15,16)17)6-5-7-3-1-2-4-8(7)9(10)18(12,13)14;;/h3*1-6,9,11H,(H,12,13,14)(H,15,16,17);;/q;;;2*+3/p-6. The van der Waals surface area contributed by atoms with E-state index in [9.17, 15) is 65.8 Å². The highest BCUT2D eigenvalue weighted by Gasteiger charge is 2.69. The molecule has 5 aliphatic rings. The van der Waals surface area contributed by atoms with Crippen LogP contribution in [-0.4, -0.2) is 111 Å². The molecule has 6 atom stereocenters. The average Bonchev–Trinajstić information content (AvgIpc) is 3.22. The van der Waals surface area contributed by atoms with E-state index in [2.05, 4.69) is 0 Å². The van der Waals surface area contributed by atoms with Crippen LogP contribution in [-0.2, 0) is 80.1 Å². The quantitative estimate of drug-likeness (QED) is 0.261. The number of aliphatic hydroxyl groups is 3. The summed E-state index contributed by atoms with van der Waals surface area (Å²) >= 11 is -10.6. The van der Waals surface area contributed by atoms with Gasteiger partial charge >= 0.3 is 30.3 Å². The SMILES string of the molecule is O=S1(=O)[O][Al]([O]S(=O)(=O)C2c3ccccc3C=CC2(O)S(=O)(=O)[O][Al]2[O]S(=O)(=O)C3c4ccccc4C=CC3(O)S(=O)(=O)[O]2)[O]S(=O)(=O)C2(O)C=Cc3ccccc3C21. The van der Waals surface area contributed by atoms with Crippen molar-refractivity contribution in [1.29, 1.82) is 0 Å². The van der Waals surface area contributed by atoms with Gasteiger partial charge in [0.05, 0.1) is 0 Å². The maximum atomic E-state index is 14.3. The first-order chi connectivity index (χ1) is 27.3. The summed E-state index contributed by atoms with van der Waals surface area (Å²) in [7, 11) is -34.4. The van der Waals surface area contributed by atoms with Crippen LogP contribution in [0.4, 0.5) is 0 Å². The molecule has 0 saturated carbocycles. The molecule has 2 aliphatic heterocycles. The third-order valence-corrected chi connectivity index (χ3v) is 27.4. The largest absolute Gasteiger partial charge is 0.951 e. The van der Waals surface area contributed by atoms with Crippen LogP contribution in [0, 0.1) is 0 Å². The fourth-order valence-corrected chi connectivity index (χ4v) is 25.0. The first-order valence-electron chi connectivity index (χ1n) is 16.4. The Balaban J connectivity index is 1.17. The molecule has 0 radical (unpaired) electrons. The van der Waals surface area contributed by atoms with E-state index in [4.69, 9.17) is 19.4 Å². The van der Waals surface area contributed by atoms with E-state index < -0.39 is 127 Å². The van der Waals surface area contributed by atoms with E-state index in [0.717, 1.165) is 42.5 Å². The summed E-state index contributed by atoms with van der Waals surface area (Å²) < 4.78 is 194. The van der Waals surface area contributed by atoms with Crippen LogP contribution < -0.4 is 0 Å². The van der Waals surface area contributed by atoms with Gasteiger partial charge in [-0.05, 0) is 51.6 Å². The molecule has 0 bridgehead atoms. The van der Waals surface area contributed by atoms with Gasteiger partial charge in [-0.3, -0.25) is 0 Å². The maximum absolute atomic E-state index is 14.3. The molecule has 0 amide bonds. The van der Waals surface area contributed by atoms with Gasteiger partial charge in [0.25, 0.3) is 60.7 Å². The average molecular weight is 967 g/mol. The van der Waals surface area contributed by atoms with Gasteiger partial charge in [-0.25, -0.2) is 25.3 Å². The Kier molecular flexibility index (Phi) is 10.1. The summed E-state index contributed by atoms with van der Waals surface area (Å²) in [6.07, 6.45) is 4.40. The van der Waals surface area contributed by atoms with Crippen LogP contribution in [0.1, 0.15) is 49.1 Å². The van der Waals surface area contributed by atoms with E-state index in [1.807, 2.05) is 0 Å². The smallest absolute Gasteiger partial charge is 0.368 e. The summed E-state index contributed by atoms with van der Waals surface area (Å²) in [5.41, 5.74) is -1.12. The maximum Gasteiger partial charge on any atom is 0.951 e. The summed E-state index contributed by atoms with van der Waals surface area (Å²) in [4.78, 5) is -10.8. The number of rotatable bonds is 6. The first-order valence-corrected chi connectivity index (χ1v) is 27.8. The summed E-state index contributed by atoms with van der Waals surface area (Å²) in [6.45, 7) is 0. The molecule has 3 N–H and O–H groups in total. The van der Waals surface area contributed by atoms with Crippen molar-refractivity contribution in [1.82, 2.24) is 0 Å². The van der Waals surface area contributed by atoms with Gasteiger partial charge < -0.3 is 34.7 Å². The van der Waals surface area contributed by atoms with Crippen LogP contribution in [0.25, 0.3) is 18.2 Å². The van der Waals surface area contributed by atoms with Crippen molar-refractivity contribution < 1.29 is 85.2 Å². The highest BCUT2D eigenvalue weighted by Crippen LogP contribution is 2.51. The van der Waals surface area contributed by atoms with Crippen LogP contribution in [0.5, 0.6) is 0 Å². The molecule has 3 aromatic carbocycles. The second-order valence-electron chi connectivity index (χ2n) is 13.3. The van der Waals surface area contributed by atoms with Crippen molar-refractivity contribution in [2.24, 2.45) is 0 Å². The molecule has 2 fully saturated rings. The van der Waals surface area contributed by atoms with Gasteiger partial charge in [-0.2, -0.15) is 25.3 Å². The number of fused-ring (bicyclic) bond motifs is 7. The Bertz CT molecular complexity index is 3100. The molecule has 59 heavy (non-hydrogen) atoms.